The number of hydrogen-bond acceptors (Lipinski definition) is 4. The van der Waals surface area contributed by atoms with E-state index in [4.69, 9.17) is 0 Å². The molecule has 4 rings (SSSR count). The van der Waals surface area contributed by atoms with E-state index in [9.17, 15) is 9.59 Å². The minimum atomic E-state index is -0.202. The molecule has 0 radical (unpaired) electrons. The van der Waals surface area contributed by atoms with E-state index in [0.29, 0.717) is 18.0 Å². The van der Waals surface area contributed by atoms with Gasteiger partial charge in [-0.15, -0.1) is 0 Å². The maximum Gasteiger partial charge on any atom is 0.272 e. The Morgan fingerprint density at radius 3 is 2.86 bits per heavy atom. The van der Waals surface area contributed by atoms with Gasteiger partial charge < -0.3 is 5.32 Å². The van der Waals surface area contributed by atoms with Gasteiger partial charge in [-0.05, 0) is 43.7 Å². The van der Waals surface area contributed by atoms with Gasteiger partial charge in [-0.1, -0.05) is 0 Å². The van der Waals surface area contributed by atoms with E-state index in [1.165, 1.54) is 12.8 Å². The number of amides is 1. The molecule has 0 aromatic carbocycles. The molecule has 2 heterocycles. The van der Waals surface area contributed by atoms with Crippen LogP contribution in [0.2, 0.25) is 0 Å². The molecule has 2 aliphatic carbocycles. The summed E-state index contributed by atoms with van der Waals surface area (Å²) in [6.45, 7) is 0. The molecular weight excluding hydrogens is 282 g/mol. The number of aryl methyl sites for hydroxylation is 1. The van der Waals surface area contributed by atoms with Gasteiger partial charge in [0.2, 0.25) is 0 Å². The van der Waals surface area contributed by atoms with Crippen LogP contribution in [-0.2, 0) is 12.8 Å². The molecule has 114 valence electrons. The third-order valence-electron chi connectivity index (χ3n) is 4.36. The Morgan fingerprint density at radius 2 is 2.05 bits per heavy atom. The molecule has 22 heavy (non-hydrogen) atoms. The largest absolute Gasteiger partial charge is 0.348 e. The van der Waals surface area contributed by atoms with Crippen LogP contribution < -0.4 is 10.9 Å². The third-order valence-corrected chi connectivity index (χ3v) is 4.36. The van der Waals surface area contributed by atoms with Gasteiger partial charge in [0.1, 0.15) is 5.69 Å². The number of nitrogens with one attached hydrogen (secondary N) is 3. The van der Waals surface area contributed by atoms with Gasteiger partial charge in [0.15, 0.2) is 0 Å². The lowest BCUT2D eigenvalue weighted by molar-refractivity contribution is 0.0928. The molecule has 1 unspecified atom stereocenters. The molecule has 2 aromatic heterocycles. The van der Waals surface area contributed by atoms with E-state index < -0.39 is 0 Å². The SMILES string of the molecule is O=C(NC1CCc2n[nH]c(=O)cc2C1)c1cc(C2CC2)[nH]n1. The fourth-order valence-corrected chi connectivity index (χ4v) is 2.98. The van der Waals surface area contributed by atoms with Gasteiger partial charge in [-0.2, -0.15) is 10.2 Å². The lowest BCUT2D eigenvalue weighted by atomic mass is 9.92. The van der Waals surface area contributed by atoms with Crippen LogP contribution in [-0.4, -0.2) is 32.3 Å². The molecule has 0 spiro atoms. The van der Waals surface area contributed by atoms with Crippen LogP contribution in [0.15, 0.2) is 16.9 Å². The minimum absolute atomic E-state index is 0.0182. The second-order valence-electron chi connectivity index (χ2n) is 6.10. The normalized spacial score (nSPS) is 20.5. The first-order chi connectivity index (χ1) is 10.7. The van der Waals surface area contributed by atoms with Gasteiger partial charge in [0, 0.05) is 23.7 Å². The number of fused-ring (bicyclic) bond motifs is 1. The first kappa shape index (κ1) is 13.2. The topological polar surface area (TPSA) is 104 Å². The number of rotatable bonds is 3. The van der Waals surface area contributed by atoms with Gasteiger partial charge in [0.05, 0.1) is 5.69 Å². The summed E-state index contributed by atoms with van der Waals surface area (Å²) in [5, 5.41) is 16.6. The summed E-state index contributed by atoms with van der Waals surface area (Å²) in [4.78, 5) is 23.6. The van der Waals surface area contributed by atoms with E-state index in [0.717, 1.165) is 29.8 Å². The van der Waals surface area contributed by atoms with E-state index >= 15 is 0 Å². The summed E-state index contributed by atoms with van der Waals surface area (Å²) in [6.07, 6.45) is 4.55. The van der Waals surface area contributed by atoms with E-state index in [2.05, 4.69) is 25.7 Å². The van der Waals surface area contributed by atoms with Gasteiger partial charge >= 0.3 is 0 Å². The van der Waals surface area contributed by atoms with Gasteiger partial charge in [0.25, 0.3) is 11.5 Å². The van der Waals surface area contributed by atoms with E-state index in [1.54, 1.807) is 6.07 Å². The average Bonchev–Trinajstić information content (AvgIpc) is 3.24. The summed E-state index contributed by atoms with van der Waals surface area (Å²) in [6, 6.07) is 3.43. The van der Waals surface area contributed by atoms with Crippen molar-refractivity contribution in [1.82, 2.24) is 25.7 Å². The van der Waals surface area contributed by atoms with Crippen LogP contribution in [0.1, 0.15) is 52.6 Å². The highest BCUT2D eigenvalue weighted by Gasteiger charge is 2.27. The first-order valence-electron chi connectivity index (χ1n) is 7.62. The van der Waals surface area contributed by atoms with Crippen LogP contribution >= 0.6 is 0 Å². The lowest BCUT2D eigenvalue weighted by Gasteiger charge is -2.23. The zero-order chi connectivity index (χ0) is 15.1. The maximum atomic E-state index is 12.3. The molecule has 2 aliphatic rings. The highest BCUT2D eigenvalue weighted by atomic mass is 16.2. The molecular formula is C15H17N5O2. The zero-order valence-corrected chi connectivity index (χ0v) is 12.1. The fraction of sp³-hybridized carbons (Fsp3) is 0.467. The highest BCUT2D eigenvalue weighted by molar-refractivity contribution is 5.92. The molecule has 7 heteroatoms. The molecule has 3 N–H and O–H groups in total. The molecule has 0 bridgehead atoms. The van der Waals surface area contributed by atoms with E-state index in [-0.39, 0.29) is 17.5 Å². The number of H-pyrrole nitrogens is 2. The van der Waals surface area contributed by atoms with Crippen LogP contribution in [0, 0.1) is 0 Å². The third kappa shape index (κ3) is 2.54. The summed E-state index contributed by atoms with van der Waals surface area (Å²) in [5.74, 6) is 0.391. The average molecular weight is 299 g/mol. The fourth-order valence-electron chi connectivity index (χ4n) is 2.98. The Bertz CT molecular complexity index is 774. The Labute approximate surface area is 126 Å². The number of aromatic nitrogens is 4. The molecule has 7 nitrogen and oxygen atoms in total. The highest BCUT2D eigenvalue weighted by Crippen LogP contribution is 2.38. The van der Waals surface area contributed by atoms with E-state index in [1.807, 2.05) is 6.07 Å². The Kier molecular flexibility index (Phi) is 3.06. The summed E-state index contributed by atoms with van der Waals surface area (Å²) < 4.78 is 0. The quantitative estimate of drug-likeness (QED) is 0.774. The standard InChI is InChI=1S/C15H17N5O2/c21-14-6-9-5-10(3-4-11(9)17-20-14)16-15(22)13-7-12(18-19-13)8-1-2-8/h6-8,10H,1-5H2,(H,16,22)(H,18,19)(H,20,21). The molecule has 0 aliphatic heterocycles. The van der Waals surface area contributed by atoms with Crippen molar-refractivity contribution in [2.75, 3.05) is 0 Å². The molecule has 1 atom stereocenters. The summed E-state index contributed by atoms with van der Waals surface area (Å²) in [5.41, 5.74) is 3.13. The minimum Gasteiger partial charge on any atom is -0.348 e. The molecule has 0 saturated heterocycles. The molecule has 1 saturated carbocycles. The summed E-state index contributed by atoms with van der Waals surface area (Å²) in [7, 11) is 0. The smallest absolute Gasteiger partial charge is 0.272 e. The number of nitrogens with zero attached hydrogens (tertiary/aromatic N) is 2. The first-order valence-corrected chi connectivity index (χ1v) is 7.62. The molecule has 2 aromatic rings. The molecule has 1 amide bonds. The van der Waals surface area contributed by atoms with Crippen LogP contribution in [0.4, 0.5) is 0 Å². The van der Waals surface area contributed by atoms with Crippen molar-refractivity contribution in [3.05, 3.63) is 45.1 Å². The van der Waals surface area contributed by atoms with Crippen LogP contribution in [0.25, 0.3) is 0 Å². The maximum absolute atomic E-state index is 12.3. The zero-order valence-electron chi connectivity index (χ0n) is 12.1. The van der Waals surface area contributed by atoms with Crippen LogP contribution in [0.3, 0.4) is 0 Å². The Balaban J connectivity index is 1.44. The van der Waals surface area contributed by atoms with Crippen molar-refractivity contribution < 1.29 is 4.79 Å². The van der Waals surface area contributed by atoms with Crippen molar-refractivity contribution in [3.8, 4) is 0 Å². The Hall–Kier alpha value is -2.44. The lowest BCUT2D eigenvalue weighted by Crippen LogP contribution is -2.39. The monoisotopic (exact) mass is 299 g/mol. The van der Waals surface area contributed by atoms with Crippen molar-refractivity contribution in [2.45, 2.75) is 44.1 Å². The van der Waals surface area contributed by atoms with Gasteiger partial charge in [-0.25, -0.2) is 5.10 Å². The van der Waals surface area contributed by atoms with Crippen molar-refractivity contribution in [1.29, 1.82) is 0 Å². The van der Waals surface area contributed by atoms with Crippen molar-refractivity contribution in [2.24, 2.45) is 0 Å². The predicted octanol–water partition coefficient (Wildman–Crippen LogP) is 0.658. The number of carbonyl (C=O) groups is 1. The second kappa shape index (κ2) is 5.08. The number of carbonyl (C=O) groups excluding carboxylic acids is 1. The number of aromatic amines is 2. The number of hydrogen-bond donors (Lipinski definition) is 3. The van der Waals surface area contributed by atoms with Crippen LogP contribution in [0.5, 0.6) is 0 Å². The van der Waals surface area contributed by atoms with Crippen molar-refractivity contribution in [3.63, 3.8) is 0 Å². The van der Waals surface area contributed by atoms with Crippen molar-refractivity contribution >= 4 is 5.91 Å². The predicted molar refractivity (Wildman–Crippen MR) is 78.7 cm³/mol. The Morgan fingerprint density at radius 1 is 1.18 bits per heavy atom. The second-order valence-corrected chi connectivity index (χ2v) is 6.10. The van der Waals surface area contributed by atoms with Gasteiger partial charge in [-0.3, -0.25) is 14.7 Å². The summed E-state index contributed by atoms with van der Waals surface area (Å²) >= 11 is 0. The molecule has 1 fully saturated rings.